The number of rotatable bonds is 40. The summed E-state index contributed by atoms with van der Waals surface area (Å²) in [6.45, 7) is 2.16. The number of carboxylic acids is 2. The summed E-state index contributed by atoms with van der Waals surface area (Å²) in [5.41, 5.74) is -0.419. The van der Waals surface area contributed by atoms with Gasteiger partial charge in [-0.3, -0.25) is 14.4 Å². The number of carboxylic acid groups (broad SMARTS) is 2. The van der Waals surface area contributed by atoms with Gasteiger partial charge in [0.05, 0.1) is 5.41 Å². The number of carbonyl (C=O) groups is 3. The van der Waals surface area contributed by atoms with E-state index < -0.39 is 17.4 Å². The number of hydrogen-bond donors (Lipinski definition) is 2. The van der Waals surface area contributed by atoms with Crippen molar-refractivity contribution in [3.63, 3.8) is 0 Å². The Kier molecular flexibility index (Phi) is 35.3. The van der Waals surface area contributed by atoms with E-state index in [4.69, 9.17) is 21.4 Å². The van der Waals surface area contributed by atoms with Gasteiger partial charge in [0.2, 0.25) is 0 Å². The Balaban J connectivity index is 3.76. The van der Waals surface area contributed by atoms with Crippen molar-refractivity contribution in [1.29, 1.82) is 0 Å². The molecule has 0 rings (SSSR count). The minimum absolute atomic E-state index is 0.0702. The van der Waals surface area contributed by atoms with E-state index in [1.807, 2.05) is 0 Å². The molecule has 292 valence electrons. The van der Waals surface area contributed by atoms with Crippen molar-refractivity contribution in [1.82, 2.24) is 0 Å². The van der Waals surface area contributed by atoms with Gasteiger partial charge in [0.15, 0.2) is 6.61 Å². The van der Waals surface area contributed by atoms with Crippen molar-refractivity contribution >= 4 is 17.9 Å². The number of aliphatic carboxylic acids is 2. The summed E-state index contributed by atoms with van der Waals surface area (Å²) in [4.78, 5) is 34.0. The van der Waals surface area contributed by atoms with E-state index in [2.05, 4.69) is 12.8 Å². The van der Waals surface area contributed by atoms with Gasteiger partial charge in [-0.1, -0.05) is 199 Å². The van der Waals surface area contributed by atoms with Gasteiger partial charge < -0.3 is 14.9 Å². The molecule has 0 amide bonds. The third-order valence-corrected chi connectivity index (χ3v) is 10.5. The lowest BCUT2D eigenvalue weighted by molar-refractivity contribution is -0.154. The molecule has 0 heterocycles. The summed E-state index contributed by atoms with van der Waals surface area (Å²) in [6.07, 6.45) is 47.2. The van der Waals surface area contributed by atoms with E-state index in [1.54, 1.807) is 0 Å². The molecule has 0 aliphatic heterocycles. The number of hydrogen-bond acceptors (Lipinski definition) is 4. The monoisotopic (exact) mass is 705 g/mol. The molecule has 0 radical (unpaired) electrons. The van der Waals surface area contributed by atoms with Gasteiger partial charge in [-0.05, 0) is 32.6 Å². The van der Waals surface area contributed by atoms with E-state index >= 15 is 0 Å². The number of esters is 1. The van der Waals surface area contributed by atoms with Crippen LogP contribution in [0.1, 0.15) is 238 Å². The fourth-order valence-corrected chi connectivity index (χ4v) is 7.14. The van der Waals surface area contributed by atoms with Gasteiger partial charge >= 0.3 is 17.9 Å². The second kappa shape index (κ2) is 36.8. The summed E-state index contributed by atoms with van der Waals surface area (Å²) in [5, 5.41) is 17.3. The molecule has 0 fully saturated rings. The third-order valence-electron chi connectivity index (χ3n) is 10.5. The molecule has 0 atom stereocenters. The Labute approximate surface area is 309 Å². The van der Waals surface area contributed by atoms with Crippen LogP contribution in [0.5, 0.6) is 0 Å². The van der Waals surface area contributed by atoms with E-state index in [-0.39, 0.29) is 12.6 Å². The number of ether oxygens (including phenoxy) is 1. The van der Waals surface area contributed by atoms with Crippen LogP contribution in [0.15, 0.2) is 0 Å². The maximum atomic E-state index is 12.9. The molecule has 0 saturated carbocycles. The average molecular weight is 705 g/mol. The Morgan fingerprint density at radius 2 is 0.660 bits per heavy atom. The Bertz CT molecular complexity index is 781. The van der Waals surface area contributed by atoms with Crippen LogP contribution in [-0.4, -0.2) is 34.7 Å². The SMILES string of the molecule is C#CCOC(=O)C(C)(CCCCCCCCCCCCCCCCCCC(=O)O)CCCCCCCCCCCCCCCCCCC(=O)O. The minimum Gasteiger partial charge on any atom is -0.481 e. The topological polar surface area (TPSA) is 101 Å². The highest BCUT2D eigenvalue weighted by molar-refractivity contribution is 5.76. The molecule has 0 spiro atoms. The van der Waals surface area contributed by atoms with Crippen LogP contribution >= 0.6 is 0 Å². The van der Waals surface area contributed by atoms with Gasteiger partial charge in [0, 0.05) is 12.8 Å². The van der Waals surface area contributed by atoms with Gasteiger partial charge in [0.1, 0.15) is 0 Å². The first-order chi connectivity index (χ1) is 24.3. The maximum absolute atomic E-state index is 12.9. The zero-order valence-corrected chi connectivity index (χ0v) is 32.8. The first-order valence-electron chi connectivity index (χ1n) is 21.4. The predicted molar refractivity (Wildman–Crippen MR) is 209 cm³/mol. The standard InChI is InChI=1S/C44H80O6/c1-3-40-50-43(49)44(2,38-34-30-26-22-18-14-10-6-4-8-12-16-20-24-28-32-36-41(45)46)39-35-31-27-23-19-15-11-7-5-9-13-17-21-25-29-33-37-42(47)48/h1H,4-40H2,2H3,(H,45,46)(H,47,48). The van der Waals surface area contributed by atoms with Crippen LogP contribution in [0.4, 0.5) is 0 Å². The molecular formula is C44H80O6. The summed E-state index contributed by atoms with van der Waals surface area (Å²) in [6, 6.07) is 0. The summed E-state index contributed by atoms with van der Waals surface area (Å²) in [7, 11) is 0. The Morgan fingerprint density at radius 3 is 0.880 bits per heavy atom. The van der Waals surface area contributed by atoms with Crippen molar-refractivity contribution in [3.05, 3.63) is 0 Å². The van der Waals surface area contributed by atoms with Crippen molar-refractivity contribution in [2.24, 2.45) is 5.41 Å². The Hall–Kier alpha value is -2.03. The van der Waals surface area contributed by atoms with Gasteiger partial charge in [-0.25, -0.2) is 0 Å². The fraction of sp³-hybridized carbons (Fsp3) is 0.886. The molecule has 6 nitrogen and oxygen atoms in total. The van der Waals surface area contributed by atoms with E-state index in [0.717, 1.165) is 51.4 Å². The van der Waals surface area contributed by atoms with Crippen molar-refractivity contribution < 1.29 is 29.3 Å². The van der Waals surface area contributed by atoms with Crippen molar-refractivity contribution in [2.45, 2.75) is 238 Å². The fourth-order valence-electron chi connectivity index (χ4n) is 7.14. The summed E-state index contributed by atoms with van der Waals surface area (Å²) < 4.78 is 5.43. The minimum atomic E-state index is -0.673. The van der Waals surface area contributed by atoms with Gasteiger partial charge in [-0.15, -0.1) is 6.42 Å². The number of unbranched alkanes of at least 4 members (excludes halogenated alkanes) is 30. The molecule has 0 aromatic carbocycles. The summed E-state index contributed by atoms with van der Waals surface area (Å²) in [5.74, 6) is 1.00. The Morgan fingerprint density at radius 1 is 0.440 bits per heavy atom. The van der Waals surface area contributed by atoms with Crippen molar-refractivity contribution in [2.75, 3.05) is 6.61 Å². The molecule has 2 N–H and O–H groups in total. The highest BCUT2D eigenvalue weighted by Crippen LogP contribution is 2.33. The molecular weight excluding hydrogens is 624 g/mol. The molecule has 0 aromatic rings. The van der Waals surface area contributed by atoms with Gasteiger partial charge in [-0.2, -0.15) is 0 Å². The molecule has 0 bridgehead atoms. The maximum Gasteiger partial charge on any atom is 0.312 e. The first-order valence-corrected chi connectivity index (χ1v) is 21.4. The van der Waals surface area contributed by atoms with E-state index in [9.17, 15) is 14.4 Å². The van der Waals surface area contributed by atoms with Crippen LogP contribution in [0.2, 0.25) is 0 Å². The van der Waals surface area contributed by atoms with Crippen molar-refractivity contribution in [3.8, 4) is 12.3 Å². The molecule has 6 heteroatoms. The van der Waals surface area contributed by atoms with Crippen LogP contribution in [0.3, 0.4) is 0 Å². The highest BCUT2D eigenvalue weighted by atomic mass is 16.5. The lowest BCUT2D eigenvalue weighted by atomic mass is 9.79. The highest BCUT2D eigenvalue weighted by Gasteiger charge is 2.33. The predicted octanol–water partition coefficient (Wildman–Crippen LogP) is 13.4. The normalized spacial score (nSPS) is 11.4. The zero-order valence-electron chi connectivity index (χ0n) is 32.8. The number of carbonyl (C=O) groups excluding carboxylic acids is 1. The second-order valence-corrected chi connectivity index (χ2v) is 15.4. The van der Waals surface area contributed by atoms with Crippen LogP contribution < -0.4 is 0 Å². The van der Waals surface area contributed by atoms with E-state index in [1.165, 1.54) is 167 Å². The van der Waals surface area contributed by atoms with E-state index in [0.29, 0.717) is 12.8 Å². The summed E-state index contributed by atoms with van der Waals surface area (Å²) >= 11 is 0. The van der Waals surface area contributed by atoms with Crippen LogP contribution in [0, 0.1) is 17.8 Å². The average Bonchev–Trinajstić information content (AvgIpc) is 3.09. The zero-order chi connectivity index (χ0) is 36.8. The lowest BCUT2D eigenvalue weighted by Crippen LogP contribution is -2.30. The largest absolute Gasteiger partial charge is 0.481 e. The second-order valence-electron chi connectivity index (χ2n) is 15.4. The molecule has 0 unspecified atom stereocenters. The molecule has 50 heavy (non-hydrogen) atoms. The first kappa shape index (κ1) is 48.0. The van der Waals surface area contributed by atoms with Crippen LogP contribution in [-0.2, 0) is 19.1 Å². The number of terminal acetylenes is 1. The molecule has 0 saturated heterocycles. The smallest absolute Gasteiger partial charge is 0.312 e. The van der Waals surface area contributed by atoms with Gasteiger partial charge in [0.25, 0.3) is 0 Å². The quantitative estimate of drug-likeness (QED) is 0.0374. The molecule has 0 aromatic heterocycles. The molecule has 0 aliphatic rings. The lowest BCUT2D eigenvalue weighted by Gasteiger charge is -2.27. The molecule has 0 aliphatic carbocycles. The van der Waals surface area contributed by atoms with Crippen LogP contribution in [0.25, 0.3) is 0 Å². The third kappa shape index (κ3) is 34.4.